The summed E-state index contributed by atoms with van der Waals surface area (Å²) in [6.07, 6.45) is -0.952. The Labute approximate surface area is 109 Å². The first-order valence-electron chi connectivity index (χ1n) is 5.90. The lowest BCUT2D eigenvalue weighted by Gasteiger charge is -2.00. The molecule has 0 unspecified atom stereocenters. The van der Waals surface area contributed by atoms with Gasteiger partial charge in [0.05, 0.1) is 5.56 Å². The van der Waals surface area contributed by atoms with Crippen molar-refractivity contribution in [2.45, 2.75) is 12.2 Å². The lowest BCUT2D eigenvalue weighted by Crippen LogP contribution is -2.08. The number of hydrogen-bond acceptors (Lipinski definition) is 3. The van der Waals surface area contributed by atoms with Gasteiger partial charge in [0, 0.05) is 0 Å². The molecule has 0 bridgehead atoms. The van der Waals surface area contributed by atoms with E-state index in [2.05, 4.69) is 0 Å². The molecule has 4 heteroatoms. The second-order valence-electron chi connectivity index (χ2n) is 4.41. The van der Waals surface area contributed by atoms with Crippen LogP contribution in [-0.2, 0) is 4.74 Å². The highest BCUT2D eigenvalue weighted by Gasteiger charge is 2.46. The summed E-state index contributed by atoms with van der Waals surface area (Å²) in [7, 11) is 0. The average Bonchev–Trinajstić information content (AvgIpc) is 3.20. The van der Waals surface area contributed by atoms with Crippen molar-refractivity contribution in [3.63, 3.8) is 0 Å². The smallest absolute Gasteiger partial charge is 0.198 e. The Balaban J connectivity index is 1.78. The maximum Gasteiger partial charge on any atom is 0.198 e. The number of ketones is 1. The highest BCUT2D eigenvalue weighted by Crippen LogP contribution is 2.41. The van der Waals surface area contributed by atoms with Crippen molar-refractivity contribution in [2.24, 2.45) is 0 Å². The van der Waals surface area contributed by atoms with Crippen LogP contribution in [0.15, 0.2) is 48.5 Å². The molecule has 0 amide bonds. The van der Waals surface area contributed by atoms with Crippen molar-refractivity contribution < 1.29 is 19.0 Å². The molecule has 0 aliphatic carbocycles. The first kappa shape index (κ1) is 11.9. The fourth-order valence-electron chi connectivity index (χ4n) is 2.05. The third-order valence-corrected chi connectivity index (χ3v) is 3.12. The zero-order chi connectivity index (χ0) is 13.4. The van der Waals surface area contributed by atoms with Crippen LogP contribution in [0.5, 0.6) is 5.75 Å². The van der Waals surface area contributed by atoms with Gasteiger partial charge in [-0.15, -0.1) is 0 Å². The van der Waals surface area contributed by atoms with Crippen molar-refractivity contribution in [2.75, 3.05) is 0 Å². The molecule has 2 atom stereocenters. The summed E-state index contributed by atoms with van der Waals surface area (Å²) in [4.78, 5) is 12.1. The molecule has 1 fully saturated rings. The van der Waals surface area contributed by atoms with Crippen LogP contribution in [0.25, 0.3) is 0 Å². The zero-order valence-electron chi connectivity index (χ0n) is 9.92. The average molecular weight is 258 g/mol. The van der Waals surface area contributed by atoms with Crippen molar-refractivity contribution in [1.82, 2.24) is 0 Å². The van der Waals surface area contributed by atoms with E-state index in [4.69, 9.17) is 4.74 Å². The highest BCUT2D eigenvalue weighted by atomic mass is 19.1. The van der Waals surface area contributed by atoms with Gasteiger partial charge in [-0.25, -0.2) is 4.39 Å². The minimum atomic E-state index is -0.598. The number of carbonyl (C=O) groups excluding carboxylic acids is 1. The number of benzene rings is 2. The van der Waals surface area contributed by atoms with Crippen LogP contribution in [-0.4, -0.2) is 17.0 Å². The molecule has 1 N–H and O–H groups in total. The van der Waals surface area contributed by atoms with Gasteiger partial charge in [0.25, 0.3) is 0 Å². The molecular formula is C15H11FO3. The van der Waals surface area contributed by atoms with Crippen molar-refractivity contribution in [1.29, 1.82) is 0 Å². The van der Waals surface area contributed by atoms with Crippen molar-refractivity contribution in [3.05, 3.63) is 65.5 Å². The number of phenols is 1. The molecule has 3 rings (SSSR count). The number of halogens is 1. The van der Waals surface area contributed by atoms with E-state index in [9.17, 15) is 14.3 Å². The molecule has 1 aliphatic rings. The van der Waals surface area contributed by atoms with Gasteiger partial charge in [-0.05, 0) is 29.8 Å². The quantitative estimate of drug-likeness (QED) is 0.680. The predicted octanol–water partition coefficient (Wildman–Crippen LogP) is 2.85. The van der Waals surface area contributed by atoms with Crippen molar-refractivity contribution in [3.8, 4) is 5.75 Å². The van der Waals surface area contributed by atoms with Crippen LogP contribution in [0.3, 0.4) is 0 Å². The second-order valence-corrected chi connectivity index (χ2v) is 4.41. The van der Waals surface area contributed by atoms with E-state index in [0.717, 1.165) is 5.56 Å². The third kappa shape index (κ3) is 2.22. The molecule has 96 valence electrons. The summed E-state index contributed by atoms with van der Waals surface area (Å²) in [6.45, 7) is 0. The maximum absolute atomic E-state index is 12.8. The Morgan fingerprint density at radius 3 is 2.47 bits per heavy atom. The Morgan fingerprint density at radius 1 is 1.11 bits per heavy atom. The number of phenolic OH excluding ortho intramolecular Hbond substituents is 1. The number of para-hydroxylation sites is 1. The number of hydrogen-bond donors (Lipinski definition) is 1. The number of rotatable bonds is 3. The van der Waals surface area contributed by atoms with Crippen LogP contribution in [0.4, 0.5) is 4.39 Å². The van der Waals surface area contributed by atoms with Crippen LogP contribution >= 0.6 is 0 Å². The molecule has 2 aromatic rings. The van der Waals surface area contributed by atoms with Crippen LogP contribution in [0.1, 0.15) is 22.0 Å². The zero-order valence-corrected chi connectivity index (χ0v) is 9.92. The number of Topliss-reactive ketones (excluding diaryl/α,β-unsaturated/α-hetero) is 1. The first-order chi connectivity index (χ1) is 9.16. The summed E-state index contributed by atoms with van der Waals surface area (Å²) in [5.74, 6) is -0.638. The summed E-state index contributed by atoms with van der Waals surface area (Å²) < 4.78 is 18.1. The number of epoxide rings is 1. The first-order valence-corrected chi connectivity index (χ1v) is 5.90. The third-order valence-electron chi connectivity index (χ3n) is 3.12. The lowest BCUT2D eigenvalue weighted by molar-refractivity contribution is 0.0951. The molecule has 1 aliphatic heterocycles. The predicted molar refractivity (Wildman–Crippen MR) is 66.5 cm³/mol. The van der Waals surface area contributed by atoms with Crippen LogP contribution in [0.2, 0.25) is 0 Å². The normalized spacial score (nSPS) is 21.1. The van der Waals surface area contributed by atoms with Gasteiger partial charge >= 0.3 is 0 Å². The highest BCUT2D eigenvalue weighted by molar-refractivity contribution is 6.03. The Hall–Kier alpha value is -2.20. The monoisotopic (exact) mass is 258 g/mol. The summed E-state index contributed by atoms with van der Waals surface area (Å²) >= 11 is 0. The maximum atomic E-state index is 12.8. The Bertz CT molecular complexity index is 622. The van der Waals surface area contributed by atoms with E-state index in [0.29, 0.717) is 0 Å². The SMILES string of the molecule is O=C(c1ccccc1O)[C@H]1O[C@@H]1c1ccc(F)cc1. The minimum absolute atomic E-state index is 0.0548. The Kier molecular flexibility index (Phi) is 2.80. The number of carbonyl (C=O) groups is 1. The molecule has 0 aromatic heterocycles. The van der Waals surface area contributed by atoms with Gasteiger partial charge in [0.2, 0.25) is 0 Å². The molecule has 1 heterocycles. The van der Waals surface area contributed by atoms with Crippen LogP contribution in [0, 0.1) is 5.82 Å². The second kappa shape index (κ2) is 4.48. The van der Waals surface area contributed by atoms with E-state index in [1.165, 1.54) is 18.2 Å². The number of ether oxygens (including phenoxy) is 1. The summed E-state index contributed by atoms with van der Waals surface area (Å²) in [6, 6.07) is 12.2. The van der Waals surface area contributed by atoms with Gasteiger partial charge in [0.1, 0.15) is 17.7 Å². The molecule has 0 saturated carbocycles. The molecule has 2 aromatic carbocycles. The molecule has 0 spiro atoms. The molecular weight excluding hydrogens is 247 g/mol. The van der Waals surface area contributed by atoms with Gasteiger partial charge in [0.15, 0.2) is 11.9 Å². The van der Waals surface area contributed by atoms with E-state index >= 15 is 0 Å². The van der Waals surface area contributed by atoms with Gasteiger partial charge in [-0.3, -0.25) is 4.79 Å². The molecule has 0 radical (unpaired) electrons. The van der Waals surface area contributed by atoms with E-state index in [1.807, 2.05) is 0 Å². The van der Waals surface area contributed by atoms with Gasteiger partial charge < -0.3 is 9.84 Å². The molecule has 1 saturated heterocycles. The summed E-state index contributed by atoms with van der Waals surface area (Å²) in [5, 5.41) is 9.62. The minimum Gasteiger partial charge on any atom is -0.507 e. The standard InChI is InChI=1S/C15H11FO3/c16-10-7-5-9(6-8-10)14-15(19-14)13(18)11-3-1-2-4-12(11)17/h1-8,14-15,17H/t14-,15-/m1/s1. The van der Waals surface area contributed by atoms with E-state index in [1.54, 1.807) is 30.3 Å². The lowest BCUT2D eigenvalue weighted by atomic mass is 10.0. The number of aromatic hydroxyl groups is 1. The van der Waals surface area contributed by atoms with Gasteiger partial charge in [-0.1, -0.05) is 24.3 Å². The Morgan fingerprint density at radius 2 is 1.79 bits per heavy atom. The fraction of sp³-hybridized carbons (Fsp3) is 0.133. The largest absolute Gasteiger partial charge is 0.507 e. The topological polar surface area (TPSA) is 49.8 Å². The molecule has 3 nitrogen and oxygen atoms in total. The summed E-state index contributed by atoms with van der Waals surface area (Å²) in [5.41, 5.74) is 1.01. The molecule has 19 heavy (non-hydrogen) atoms. The van der Waals surface area contributed by atoms with Crippen molar-refractivity contribution >= 4 is 5.78 Å². The van der Waals surface area contributed by atoms with Gasteiger partial charge in [-0.2, -0.15) is 0 Å². The van der Waals surface area contributed by atoms with E-state index in [-0.39, 0.29) is 29.0 Å². The van der Waals surface area contributed by atoms with E-state index < -0.39 is 6.10 Å². The fourth-order valence-corrected chi connectivity index (χ4v) is 2.05. The van der Waals surface area contributed by atoms with Crippen LogP contribution < -0.4 is 0 Å².